The highest BCUT2D eigenvalue weighted by Crippen LogP contribution is 2.56. The summed E-state index contributed by atoms with van der Waals surface area (Å²) in [6.07, 6.45) is 0. The molecule has 2 heteroatoms. The third kappa shape index (κ3) is 5.95. The monoisotopic (exact) mass is 802 g/mol. The van der Waals surface area contributed by atoms with Crippen LogP contribution < -0.4 is 4.90 Å². The fourth-order valence-corrected chi connectivity index (χ4v) is 10.3. The Morgan fingerprint density at radius 2 is 0.714 bits per heavy atom. The van der Waals surface area contributed by atoms with Gasteiger partial charge in [-0.3, -0.25) is 0 Å². The lowest BCUT2D eigenvalue weighted by Crippen LogP contribution is -2.28. The third-order valence-corrected chi connectivity index (χ3v) is 13.1. The molecule has 0 aliphatic heterocycles. The Morgan fingerprint density at radius 1 is 0.302 bits per heavy atom. The van der Waals surface area contributed by atoms with Crippen molar-refractivity contribution in [1.29, 1.82) is 0 Å². The lowest BCUT2D eigenvalue weighted by Gasteiger charge is -2.34. The molecule has 0 unspecified atom stereocenters. The molecule has 296 valence electrons. The number of benzene rings is 10. The molecule has 0 saturated heterocycles. The zero-order valence-corrected chi connectivity index (χ0v) is 34.6. The van der Waals surface area contributed by atoms with Crippen LogP contribution in [0, 0.1) is 0 Å². The molecule has 0 bridgehead atoms. The standard InChI is InChI=1S/C61H42N2/c1-3-16-43(17-4-1)45-18-15-19-46(42-45)44-30-34-49(35-31-44)62(51-38-40-52(41-39-51)63-59-28-13-9-24-55(59)56-25-10-14-29-60(56)63)50-36-32-48(33-37-50)61(47-20-5-2-6-21-47)57-26-11-7-22-53(57)54-23-8-12-27-58(54)61/h1-42H. The summed E-state index contributed by atoms with van der Waals surface area (Å²) in [6.45, 7) is 0. The molecule has 2 nitrogen and oxygen atoms in total. The fraction of sp³-hybridized carbons (Fsp3) is 0.0164. The van der Waals surface area contributed by atoms with Gasteiger partial charge in [0.05, 0.1) is 16.4 Å². The van der Waals surface area contributed by atoms with Crippen LogP contribution in [0.4, 0.5) is 17.1 Å². The lowest BCUT2D eigenvalue weighted by molar-refractivity contribution is 0.768. The average molecular weight is 803 g/mol. The minimum absolute atomic E-state index is 0.461. The summed E-state index contributed by atoms with van der Waals surface area (Å²) >= 11 is 0. The predicted octanol–water partition coefficient (Wildman–Crippen LogP) is 16.0. The fourth-order valence-electron chi connectivity index (χ4n) is 10.3. The number of aromatic nitrogens is 1. The van der Waals surface area contributed by atoms with Gasteiger partial charge < -0.3 is 9.47 Å². The first-order chi connectivity index (χ1) is 31.3. The van der Waals surface area contributed by atoms with Crippen LogP contribution in [0.3, 0.4) is 0 Å². The zero-order chi connectivity index (χ0) is 41.7. The zero-order valence-electron chi connectivity index (χ0n) is 34.6. The van der Waals surface area contributed by atoms with Crippen LogP contribution in [0.15, 0.2) is 255 Å². The van der Waals surface area contributed by atoms with E-state index in [9.17, 15) is 0 Å². The maximum absolute atomic E-state index is 2.38. The summed E-state index contributed by atoms with van der Waals surface area (Å²) in [5, 5.41) is 2.52. The largest absolute Gasteiger partial charge is 0.311 e. The summed E-state index contributed by atoms with van der Waals surface area (Å²) in [6, 6.07) is 93.1. The normalized spacial score (nSPS) is 12.6. The number of fused-ring (bicyclic) bond motifs is 6. The van der Waals surface area contributed by atoms with Crippen LogP contribution in [0.2, 0.25) is 0 Å². The Bertz CT molecular complexity index is 3320. The van der Waals surface area contributed by atoms with Gasteiger partial charge in [-0.2, -0.15) is 0 Å². The first-order valence-corrected chi connectivity index (χ1v) is 21.8. The molecule has 0 atom stereocenters. The Balaban J connectivity index is 0.988. The lowest BCUT2D eigenvalue weighted by atomic mass is 9.68. The highest BCUT2D eigenvalue weighted by Gasteiger charge is 2.45. The number of hydrogen-bond acceptors (Lipinski definition) is 1. The van der Waals surface area contributed by atoms with E-state index in [0.29, 0.717) is 0 Å². The van der Waals surface area contributed by atoms with E-state index < -0.39 is 5.41 Å². The Kier molecular flexibility index (Phi) is 8.76. The molecule has 0 amide bonds. The topological polar surface area (TPSA) is 8.17 Å². The summed E-state index contributed by atoms with van der Waals surface area (Å²) < 4.78 is 2.38. The van der Waals surface area contributed by atoms with Gasteiger partial charge in [-0.05, 0) is 122 Å². The van der Waals surface area contributed by atoms with E-state index in [1.165, 1.54) is 77.4 Å². The van der Waals surface area contributed by atoms with Crippen molar-refractivity contribution in [3.05, 3.63) is 277 Å². The molecular formula is C61H42N2. The molecule has 63 heavy (non-hydrogen) atoms. The molecule has 1 aliphatic rings. The van der Waals surface area contributed by atoms with Crippen LogP contribution in [-0.2, 0) is 5.41 Å². The van der Waals surface area contributed by atoms with Crippen molar-refractivity contribution in [2.24, 2.45) is 0 Å². The van der Waals surface area contributed by atoms with Crippen molar-refractivity contribution in [2.45, 2.75) is 5.41 Å². The number of rotatable bonds is 8. The molecular weight excluding hydrogens is 761 g/mol. The summed E-state index contributed by atoms with van der Waals surface area (Å²) in [7, 11) is 0. The van der Waals surface area contributed by atoms with Crippen molar-refractivity contribution in [1.82, 2.24) is 4.57 Å². The molecule has 12 rings (SSSR count). The second-order valence-corrected chi connectivity index (χ2v) is 16.5. The molecule has 11 aromatic rings. The number of hydrogen-bond donors (Lipinski definition) is 0. The van der Waals surface area contributed by atoms with Crippen molar-refractivity contribution in [3.63, 3.8) is 0 Å². The van der Waals surface area contributed by atoms with Crippen molar-refractivity contribution in [2.75, 3.05) is 4.90 Å². The van der Waals surface area contributed by atoms with E-state index in [-0.39, 0.29) is 0 Å². The maximum atomic E-state index is 2.38. The van der Waals surface area contributed by atoms with Gasteiger partial charge in [0.2, 0.25) is 0 Å². The molecule has 0 radical (unpaired) electrons. The highest BCUT2D eigenvalue weighted by molar-refractivity contribution is 6.09. The molecule has 1 heterocycles. The van der Waals surface area contributed by atoms with Gasteiger partial charge in [0.15, 0.2) is 0 Å². The van der Waals surface area contributed by atoms with E-state index in [0.717, 1.165) is 22.7 Å². The predicted molar refractivity (Wildman–Crippen MR) is 264 cm³/mol. The van der Waals surface area contributed by atoms with Gasteiger partial charge in [-0.15, -0.1) is 0 Å². The second-order valence-electron chi connectivity index (χ2n) is 16.5. The minimum Gasteiger partial charge on any atom is -0.311 e. The Labute approximate surface area is 368 Å². The molecule has 1 aliphatic carbocycles. The molecule has 1 aromatic heterocycles. The molecule has 0 spiro atoms. The van der Waals surface area contributed by atoms with E-state index >= 15 is 0 Å². The van der Waals surface area contributed by atoms with Gasteiger partial charge >= 0.3 is 0 Å². The van der Waals surface area contributed by atoms with Crippen LogP contribution in [0.1, 0.15) is 22.3 Å². The van der Waals surface area contributed by atoms with Crippen LogP contribution in [0.25, 0.3) is 60.9 Å². The number of anilines is 3. The highest BCUT2D eigenvalue weighted by atomic mass is 15.1. The summed E-state index contributed by atoms with van der Waals surface area (Å²) in [5.74, 6) is 0. The van der Waals surface area contributed by atoms with Gasteiger partial charge in [-0.1, -0.05) is 188 Å². The van der Waals surface area contributed by atoms with Gasteiger partial charge in [-0.25, -0.2) is 0 Å². The second kappa shape index (κ2) is 15.1. The van der Waals surface area contributed by atoms with Crippen LogP contribution >= 0.6 is 0 Å². The van der Waals surface area contributed by atoms with Crippen molar-refractivity contribution >= 4 is 38.9 Å². The van der Waals surface area contributed by atoms with Crippen LogP contribution in [-0.4, -0.2) is 4.57 Å². The number of para-hydroxylation sites is 2. The van der Waals surface area contributed by atoms with Crippen molar-refractivity contribution < 1.29 is 0 Å². The third-order valence-electron chi connectivity index (χ3n) is 13.1. The summed E-state index contributed by atoms with van der Waals surface area (Å²) in [4.78, 5) is 2.38. The first-order valence-electron chi connectivity index (χ1n) is 21.8. The average Bonchev–Trinajstić information content (AvgIpc) is 3.86. The van der Waals surface area contributed by atoms with Crippen LogP contribution in [0.5, 0.6) is 0 Å². The maximum Gasteiger partial charge on any atom is 0.0713 e. The van der Waals surface area contributed by atoms with Gasteiger partial charge in [0.25, 0.3) is 0 Å². The quantitative estimate of drug-likeness (QED) is 0.149. The molecule has 0 fully saturated rings. The Morgan fingerprint density at radius 3 is 1.29 bits per heavy atom. The number of nitrogens with zero attached hydrogens (tertiary/aromatic N) is 2. The SMILES string of the molecule is c1ccc(-c2cccc(-c3ccc(N(c4ccc(-n5c6ccccc6c6ccccc65)cc4)c4ccc(C5(c6ccccc6)c6ccccc6-c6ccccc65)cc4)cc3)c2)cc1. The van der Waals surface area contributed by atoms with E-state index in [2.05, 4.69) is 264 Å². The molecule has 0 saturated carbocycles. The van der Waals surface area contributed by atoms with Gasteiger partial charge in [0.1, 0.15) is 0 Å². The molecule has 10 aromatic carbocycles. The molecule has 0 N–H and O–H groups in total. The first kappa shape index (κ1) is 36.6. The van der Waals surface area contributed by atoms with E-state index in [1.54, 1.807) is 0 Å². The minimum atomic E-state index is -0.461. The van der Waals surface area contributed by atoms with Gasteiger partial charge in [0, 0.05) is 33.5 Å². The van der Waals surface area contributed by atoms with E-state index in [4.69, 9.17) is 0 Å². The Hall–Kier alpha value is -8.20. The van der Waals surface area contributed by atoms with E-state index in [1.807, 2.05) is 0 Å². The smallest absolute Gasteiger partial charge is 0.0713 e. The summed E-state index contributed by atoms with van der Waals surface area (Å²) in [5.41, 5.74) is 18.8. The van der Waals surface area contributed by atoms with Crippen molar-refractivity contribution in [3.8, 4) is 39.1 Å².